The van der Waals surface area contributed by atoms with E-state index in [1.54, 1.807) is 34.7 Å². The molecule has 15 heavy (non-hydrogen) atoms. The number of carbonyl (C=O) groups is 1. The van der Waals surface area contributed by atoms with Crippen molar-refractivity contribution in [2.45, 2.75) is 6.92 Å². The van der Waals surface area contributed by atoms with Crippen LogP contribution in [0, 0.1) is 0 Å². The summed E-state index contributed by atoms with van der Waals surface area (Å²) >= 11 is 1.77. The second-order valence-corrected chi connectivity index (χ2v) is 4.57. The Balaban J connectivity index is 3.19. The van der Waals surface area contributed by atoms with Crippen LogP contribution < -0.4 is 0 Å². The van der Waals surface area contributed by atoms with Gasteiger partial charge >= 0.3 is 0 Å². The van der Waals surface area contributed by atoms with Gasteiger partial charge in [0.05, 0.1) is 0 Å². The summed E-state index contributed by atoms with van der Waals surface area (Å²) in [6, 6.07) is 0. The van der Waals surface area contributed by atoms with Gasteiger partial charge in [-0.1, -0.05) is 19.2 Å². The zero-order valence-electron chi connectivity index (χ0n) is 9.01. The summed E-state index contributed by atoms with van der Waals surface area (Å²) in [5.74, 6) is 0. The first kappa shape index (κ1) is 12.2. The van der Waals surface area contributed by atoms with Gasteiger partial charge in [0, 0.05) is 41.9 Å². The van der Waals surface area contributed by atoms with E-state index in [0.717, 1.165) is 29.0 Å². The molecule has 0 radical (unpaired) electrons. The van der Waals surface area contributed by atoms with Gasteiger partial charge in [0.2, 0.25) is 3.79 Å². The van der Waals surface area contributed by atoms with Crippen LogP contribution in [0.5, 0.6) is 0 Å². The number of allylic oxidation sites excluding steroid dienone is 4. The summed E-state index contributed by atoms with van der Waals surface area (Å²) < 4.78 is 0.0279. The number of likely N-dealkylation sites (N-methyl/N-ethyl adjacent to an activating group) is 1. The molecule has 0 aromatic heterocycles. The maximum absolute atomic E-state index is 11.0. The van der Waals surface area contributed by atoms with E-state index in [1.807, 2.05) is 14.0 Å². The topological polar surface area (TPSA) is 20.3 Å². The molecule has 0 fully saturated rings. The van der Waals surface area contributed by atoms with Crippen molar-refractivity contribution in [2.75, 3.05) is 13.6 Å². The lowest BCUT2D eigenvalue weighted by Gasteiger charge is -2.30. The monoisotopic (exact) mass is 315 g/mol. The fraction of sp³-hybridized carbons (Fsp3) is 0.250. The van der Waals surface area contributed by atoms with E-state index in [2.05, 4.69) is 18.1 Å². The van der Waals surface area contributed by atoms with E-state index >= 15 is 0 Å². The summed E-state index contributed by atoms with van der Waals surface area (Å²) in [5.41, 5.74) is 4.05. The molecule has 0 aromatic rings. The van der Waals surface area contributed by atoms with Gasteiger partial charge in [-0.05, 0) is 29.7 Å². The van der Waals surface area contributed by atoms with Gasteiger partial charge < -0.3 is 4.90 Å². The number of halogens is 1. The Morgan fingerprint density at radius 3 is 2.67 bits per heavy atom. The normalized spacial score (nSPS) is 19.8. The lowest BCUT2D eigenvalue weighted by molar-refractivity contribution is -0.105. The van der Waals surface area contributed by atoms with Crippen LogP contribution in [0.2, 0.25) is 0 Å². The molecule has 2 nitrogen and oxygen atoms in total. The zero-order valence-corrected chi connectivity index (χ0v) is 11.2. The average Bonchev–Trinajstić information content (AvgIpc) is 2.14. The number of nitrogens with zero attached hydrogens (tertiary/aromatic N) is 1. The second-order valence-electron chi connectivity index (χ2n) is 3.51. The summed E-state index contributed by atoms with van der Waals surface area (Å²) in [6.07, 6.45) is 3.42. The minimum absolute atomic E-state index is 0.0279. The quantitative estimate of drug-likeness (QED) is 0.444. The standard InChI is InChI=1S/C12H14INO/c1-5-11-8(2)10(6-12(13)15)7-14(4)9(11)3/h5-6H,1-2,7H2,3-4H3/b10-6-. The van der Waals surface area contributed by atoms with Crippen LogP contribution in [0.3, 0.4) is 0 Å². The predicted molar refractivity (Wildman–Crippen MR) is 71.8 cm³/mol. The molecule has 80 valence electrons. The Morgan fingerprint density at radius 2 is 2.20 bits per heavy atom. The van der Waals surface area contributed by atoms with Crippen LogP contribution in [0.25, 0.3) is 0 Å². The molecule has 0 aliphatic carbocycles. The van der Waals surface area contributed by atoms with Gasteiger partial charge in [0.15, 0.2) is 0 Å². The lowest BCUT2D eigenvalue weighted by atomic mass is 9.93. The number of hydrogen-bond acceptors (Lipinski definition) is 2. The number of rotatable bonds is 2. The fourth-order valence-corrected chi connectivity index (χ4v) is 1.98. The molecule has 3 heteroatoms. The molecule has 1 aliphatic rings. The van der Waals surface area contributed by atoms with Crippen molar-refractivity contribution in [1.82, 2.24) is 4.90 Å². The van der Waals surface area contributed by atoms with Crippen molar-refractivity contribution in [3.63, 3.8) is 0 Å². The van der Waals surface area contributed by atoms with Crippen molar-refractivity contribution in [3.05, 3.63) is 47.7 Å². The highest BCUT2D eigenvalue weighted by molar-refractivity contribution is 14.1. The number of carbonyl (C=O) groups excluding carboxylic acids is 1. The largest absolute Gasteiger partial charge is 0.373 e. The second kappa shape index (κ2) is 4.79. The molecule has 1 rings (SSSR count). The Morgan fingerprint density at radius 1 is 1.60 bits per heavy atom. The highest BCUT2D eigenvalue weighted by Gasteiger charge is 2.19. The zero-order chi connectivity index (χ0) is 11.6. The average molecular weight is 315 g/mol. The fourth-order valence-electron chi connectivity index (χ4n) is 1.61. The van der Waals surface area contributed by atoms with Gasteiger partial charge in [-0.15, -0.1) is 0 Å². The maximum atomic E-state index is 11.0. The van der Waals surface area contributed by atoms with Gasteiger partial charge in [0.1, 0.15) is 0 Å². The first-order valence-electron chi connectivity index (χ1n) is 4.61. The first-order chi connectivity index (χ1) is 6.97. The Hall–Kier alpha value is -0.840. The molecule has 1 heterocycles. The van der Waals surface area contributed by atoms with Crippen molar-refractivity contribution >= 4 is 26.4 Å². The molecule has 0 N–H and O–H groups in total. The third-order valence-corrected chi connectivity index (χ3v) is 2.89. The van der Waals surface area contributed by atoms with Crippen LogP contribution >= 0.6 is 22.6 Å². The molecule has 0 spiro atoms. The van der Waals surface area contributed by atoms with Crippen molar-refractivity contribution in [3.8, 4) is 0 Å². The molecule has 0 amide bonds. The van der Waals surface area contributed by atoms with E-state index in [4.69, 9.17) is 0 Å². The third-order valence-electron chi connectivity index (χ3n) is 2.57. The molecule has 1 aliphatic heterocycles. The van der Waals surface area contributed by atoms with E-state index in [0.29, 0.717) is 0 Å². The van der Waals surface area contributed by atoms with Gasteiger partial charge in [-0.2, -0.15) is 0 Å². The SMILES string of the molecule is C=CC1=C(C)N(C)C/C(=C/C(=O)I)C1=C. The molecule has 0 atom stereocenters. The van der Waals surface area contributed by atoms with E-state index in [1.165, 1.54) is 0 Å². The van der Waals surface area contributed by atoms with E-state index < -0.39 is 0 Å². The molecular weight excluding hydrogens is 301 g/mol. The molecule has 0 bridgehead atoms. The van der Waals surface area contributed by atoms with Crippen LogP contribution in [-0.2, 0) is 4.79 Å². The van der Waals surface area contributed by atoms with Gasteiger partial charge in [0.25, 0.3) is 0 Å². The minimum Gasteiger partial charge on any atom is -0.373 e. The summed E-state index contributed by atoms with van der Waals surface area (Å²) in [7, 11) is 2.00. The van der Waals surface area contributed by atoms with Crippen molar-refractivity contribution in [2.24, 2.45) is 0 Å². The van der Waals surface area contributed by atoms with E-state index in [-0.39, 0.29) is 3.79 Å². The summed E-state index contributed by atoms with van der Waals surface area (Å²) in [5, 5.41) is 0. The van der Waals surface area contributed by atoms with Gasteiger partial charge in [-0.25, -0.2) is 0 Å². The smallest absolute Gasteiger partial charge is 0.215 e. The molecule has 0 aromatic carbocycles. The minimum atomic E-state index is 0.0279. The Bertz CT molecular complexity index is 390. The Kier molecular flexibility index (Phi) is 3.90. The molecule has 0 saturated heterocycles. The lowest BCUT2D eigenvalue weighted by Crippen LogP contribution is -2.26. The first-order valence-corrected chi connectivity index (χ1v) is 5.69. The highest BCUT2D eigenvalue weighted by Crippen LogP contribution is 2.29. The predicted octanol–water partition coefficient (Wildman–Crippen LogP) is 2.84. The molecular formula is C12H14INO. The van der Waals surface area contributed by atoms with Crippen molar-refractivity contribution in [1.29, 1.82) is 0 Å². The Labute approximate surface area is 104 Å². The maximum Gasteiger partial charge on any atom is 0.215 e. The van der Waals surface area contributed by atoms with Gasteiger partial charge in [-0.3, -0.25) is 4.79 Å². The van der Waals surface area contributed by atoms with Crippen LogP contribution in [-0.4, -0.2) is 22.3 Å². The van der Waals surface area contributed by atoms with Crippen LogP contribution in [0.15, 0.2) is 47.7 Å². The third kappa shape index (κ3) is 2.59. The summed E-state index contributed by atoms with van der Waals surface area (Å²) in [6.45, 7) is 10.5. The number of hydrogen-bond donors (Lipinski definition) is 0. The highest BCUT2D eigenvalue weighted by atomic mass is 127. The molecule has 0 saturated carbocycles. The summed E-state index contributed by atoms with van der Waals surface area (Å²) in [4.78, 5) is 13.1. The van der Waals surface area contributed by atoms with Crippen LogP contribution in [0.1, 0.15) is 6.92 Å². The van der Waals surface area contributed by atoms with Crippen LogP contribution in [0.4, 0.5) is 0 Å². The molecule has 0 unspecified atom stereocenters. The van der Waals surface area contributed by atoms with E-state index in [9.17, 15) is 4.79 Å². The van der Waals surface area contributed by atoms with Crippen molar-refractivity contribution < 1.29 is 4.79 Å².